The molecule has 8 nitrogen and oxygen atoms in total. The van der Waals surface area contributed by atoms with Gasteiger partial charge >= 0.3 is 0 Å². The van der Waals surface area contributed by atoms with Gasteiger partial charge in [0.05, 0.1) is 12.0 Å². The summed E-state index contributed by atoms with van der Waals surface area (Å²) in [6.45, 7) is 3.35. The van der Waals surface area contributed by atoms with Gasteiger partial charge in [-0.25, -0.2) is 13.9 Å². The maximum Gasteiger partial charge on any atom is 0.262 e. The summed E-state index contributed by atoms with van der Waals surface area (Å²) in [6.07, 6.45) is 3.11. The number of pyridine rings is 1. The first-order valence-corrected chi connectivity index (χ1v) is 9.74. The highest BCUT2D eigenvalue weighted by molar-refractivity contribution is 7.89. The number of hydrogen-bond acceptors (Lipinski definition) is 6. The Morgan fingerprint density at radius 1 is 1.25 bits per heavy atom. The summed E-state index contributed by atoms with van der Waals surface area (Å²) < 4.78 is 32.7. The Bertz CT molecular complexity index is 861. The lowest BCUT2D eigenvalue weighted by molar-refractivity contribution is -0.134. The highest BCUT2D eigenvalue weighted by Gasteiger charge is 2.38. The Morgan fingerprint density at radius 3 is 2.36 bits per heavy atom. The average molecular weight is 430 g/mol. The largest absolute Gasteiger partial charge is 0.497 e. The Balaban J connectivity index is 0.00000392. The minimum absolute atomic E-state index is 0. The number of amides is 1. The molecule has 1 amide bonds. The first-order chi connectivity index (χ1) is 12.8. The molecule has 28 heavy (non-hydrogen) atoms. The van der Waals surface area contributed by atoms with Crippen molar-refractivity contribution in [2.45, 2.75) is 31.3 Å². The van der Waals surface area contributed by atoms with Crippen LogP contribution >= 0.6 is 12.4 Å². The van der Waals surface area contributed by atoms with Crippen LogP contribution in [-0.4, -0.2) is 42.0 Å². The van der Waals surface area contributed by atoms with E-state index in [-0.39, 0.29) is 29.8 Å². The van der Waals surface area contributed by atoms with E-state index in [0.29, 0.717) is 11.3 Å². The maximum absolute atomic E-state index is 13.3. The standard InChI is InChI=1S/C18H23N3O5S.ClH/c1-13(2)17(18(22)20-23)21(12-14-5-4-10-19-11-14)27(24,25)16-8-6-15(26-3)7-9-16;/h4-11,13,17,23H,12H2,1-3H3,(H,20,22);1H/t17-;/m1./s1. The lowest BCUT2D eigenvalue weighted by atomic mass is 10.0. The number of ether oxygens (including phenoxy) is 1. The number of carbonyl (C=O) groups excluding carboxylic acids is 1. The van der Waals surface area contributed by atoms with Crippen LogP contribution in [0.4, 0.5) is 0 Å². The zero-order chi connectivity index (χ0) is 20.0. The van der Waals surface area contributed by atoms with Crippen LogP contribution in [0, 0.1) is 5.92 Å². The third kappa shape index (κ3) is 5.41. The molecule has 154 valence electrons. The Kier molecular flexibility index (Phi) is 8.83. The first kappa shape index (κ1) is 23.8. The number of nitrogens with one attached hydrogen (secondary N) is 1. The second-order valence-electron chi connectivity index (χ2n) is 6.25. The summed E-state index contributed by atoms with van der Waals surface area (Å²) in [7, 11) is -2.56. The van der Waals surface area contributed by atoms with Gasteiger partial charge in [0.15, 0.2) is 0 Å². The van der Waals surface area contributed by atoms with Crippen LogP contribution in [-0.2, 0) is 21.4 Å². The molecule has 2 aromatic rings. The fourth-order valence-corrected chi connectivity index (χ4v) is 4.43. The molecule has 0 saturated carbocycles. The van der Waals surface area contributed by atoms with Crippen molar-refractivity contribution < 1.29 is 23.2 Å². The van der Waals surface area contributed by atoms with Crippen LogP contribution in [0.3, 0.4) is 0 Å². The smallest absolute Gasteiger partial charge is 0.262 e. The molecule has 0 radical (unpaired) electrons. The predicted octanol–water partition coefficient (Wildman–Crippen LogP) is 2.23. The minimum atomic E-state index is -4.05. The van der Waals surface area contributed by atoms with Gasteiger partial charge < -0.3 is 4.74 Å². The van der Waals surface area contributed by atoms with Gasteiger partial charge in [-0.3, -0.25) is 15.0 Å². The molecule has 10 heteroatoms. The molecule has 0 saturated heterocycles. The summed E-state index contributed by atoms with van der Waals surface area (Å²) in [4.78, 5) is 16.3. The second-order valence-corrected chi connectivity index (χ2v) is 8.14. The van der Waals surface area contributed by atoms with Crippen molar-refractivity contribution in [3.05, 3.63) is 54.4 Å². The zero-order valence-electron chi connectivity index (χ0n) is 15.8. The molecule has 0 bridgehead atoms. The Morgan fingerprint density at radius 2 is 1.89 bits per heavy atom. The quantitative estimate of drug-likeness (QED) is 0.492. The lowest BCUT2D eigenvalue weighted by Crippen LogP contribution is -2.51. The number of rotatable bonds is 8. The molecule has 0 aliphatic carbocycles. The fourth-order valence-electron chi connectivity index (χ4n) is 2.72. The van der Waals surface area contributed by atoms with Crippen molar-refractivity contribution in [1.29, 1.82) is 0 Å². The van der Waals surface area contributed by atoms with Gasteiger partial charge in [-0.2, -0.15) is 4.31 Å². The Labute approximate surface area is 171 Å². The molecule has 1 aromatic heterocycles. The second kappa shape index (κ2) is 10.4. The molecular formula is C18H24ClN3O5S. The molecule has 0 aliphatic heterocycles. The molecule has 0 fully saturated rings. The normalized spacial score (nSPS) is 12.4. The number of nitrogens with zero attached hydrogens (tertiary/aromatic N) is 2. The number of hydrogen-bond donors (Lipinski definition) is 2. The summed E-state index contributed by atoms with van der Waals surface area (Å²) in [5, 5.41) is 9.12. The van der Waals surface area contributed by atoms with Gasteiger partial charge in [0.1, 0.15) is 11.8 Å². The van der Waals surface area contributed by atoms with Gasteiger partial charge in [-0.1, -0.05) is 19.9 Å². The van der Waals surface area contributed by atoms with Gasteiger partial charge in [0, 0.05) is 18.9 Å². The highest BCUT2D eigenvalue weighted by Crippen LogP contribution is 2.26. The molecule has 2 N–H and O–H groups in total. The van der Waals surface area contributed by atoms with Crippen molar-refractivity contribution in [1.82, 2.24) is 14.8 Å². The molecule has 1 heterocycles. The van der Waals surface area contributed by atoms with Gasteiger partial charge in [-0.05, 0) is 41.8 Å². The van der Waals surface area contributed by atoms with Crippen molar-refractivity contribution in [3.8, 4) is 5.75 Å². The molecule has 0 unspecified atom stereocenters. The van der Waals surface area contributed by atoms with E-state index in [1.54, 1.807) is 37.7 Å². The highest BCUT2D eigenvalue weighted by atomic mass is 35.5. The van der Waals surface area contributed by atoms with Crippen molar-refractivity contribution in [2.24, 2.45) is 5.92 Å². The summed E-state index contributed by atoms with van der Waals surface area (Å²) in [6, 6.07) is 8.19. The fraction of sp³-hybridized carbons (Fsp3) is 0.333. The van der Waals surface area contributed by atoms with E-state index in [2.05, 4.69) is 4.98 Å². The average Bonchev–Trinajstić information content (AvgIpc) is 2.67. The van der Waals surface area contributed by atoms with Gasteiger partial charge in [0.2, 0.25) is 10.0 Å². The molecule has 1 atom stereocenters. The van der Waals surface area contributed by atoms with Crippen LogP contribution in [0.5, 0.6) is 5.75 Å². The first-order valence-electron chi connectivity index (χ1n) is 8.30. The van der Waals surface area contributed by atoms with Gasteiger partial charge in [-0.15, -0.1) is 12.4 Å². The number of methoxy groups -OCH3 is 1. The molecule has 0 spiro atoms. The SMILES string of the molecule is COc1ccc(S(=O)(=O)N(Cc2cccnc2)[C@@H](C(=O)NO)C(C)C)cc1.Cl. The van der Waals surface area contributed by atoms with Crippen molar-refractivity contribution in [3.63, 3.8) is 0 Å². The molecule has 1 aromatic carbocycles. The number of benzene rings is 1. The number of carbonyl (C=O) groups is 1. The third-order valence-corrected chi connectivity index (χ3v) is 5.89. The Hall–Kier alpha value is -2.20. The van der Waals surface area contributed by atoms with E-state index in [0.717, 1.165) is 4.31 Å². The zero-order valence-corrected chi connectivity index (χ0v) is 17.4. The summed E-state index contributed by atoms with van der Waals surface area (Å²) in [5.74, 6) is -0.672. The maximum atomic E-state index is 13.3. The minimum Gasteiger partial charge on any atom is -0.497 e. The van der Waals surface area contributed by atoms with E-state index >= 15 is 0 Å². The topological polar surface area (TPSA) is 109 Å². The number of sulfonamides is 1. The van der Waals surface area contributed by atoms with E-state index in [1.807, 2.05) is 0 Å². The monoisotopic (exact) mass is 429 g/mol. The van der Waals surface area contributed by atoms with Crippen LogP contribution < -0.4 is 10.2 Å². The van der Waals surface area contributed by atoms with Crippen molar-refractivity contribution >= 4 is 28.3 Å². The van der Waals surface area contributed by atoms with E-state index in [4.69, 9.17) is 9.94 Å². The molecule has 2 rings (SSSR count). The van der Waals surface area contributed by atoms with Crippen LogP contribution in [0.1, 0.15) is 19.4 Å². The van der Waals surface area contributed by atoms with Gasteiger partial charge in [0.25, 0.3) is 5.91 Å². The van der Waals surface area contributed by atoms with Crippen LogP contribution in [0.25, 0.3) is 0 Å². The summed E-state index contributed by atoms with van der Waals surface area (Å²) in [5.41, 5.74) is 2.19. The number of aromatic nitrogens is 1. The van der Waals surface area contributed by atoms with E-state index in [1.165, 1.54) is 37.6 Å². The van der Waals surface area contributed by atoms with E-state index < -0.39 is 22.0 Å². The van der Waals surface area contributed by atoms with Crippen LogP contribution in [0.15, 0.2) is 53.7 Å². The third-order valence-electron chi connectivity index (χ3n) is 4.05. The lowest BCUT2D eigenvalue weighted by Gasteiger charge is -2.32. The summed E-state index contributed by atoms with van der Waals surface area (Å²) >= 11 is 0. The van der Waals surface area contributed by atoms with E-state index in [9.17, 15) is 13.2 Å². The number of hydroxylamine groups is 1. The molecule has 0 aliphatic rings. The van der Waals surface area contributed by atoms with Crippen molar-refractivity contribution in [2.75, 3.05) is 7.11 Å². The number of halogens is 1. The molecular weight excluding hydrogens is 406 g/mol. The predicted molar refractivity (Wildman–Crippen MR) is 106 cm³/mol. The van der Waals surface area contributed by atoms with Crippen LogP contribution in [0.2, 0.25) is 0 Å².